The third-order valence-corrected chi connectivity index (χ3v) is 3.58. The Bertz CT molecular complexity index is 423. The van der Waals surface area contributed by atoms with E-state index in [1.807, 2.05) is 24.1 Å². The molecule has 2 nitrogen and oxygen atoms in total. The highest BCUT2D eigenvalue weighted by Crippen LogP contribution is 2.23. The van der Waals surface area contributed by atoms with Gasteiger partial charge in [0, 0.05) is 25.2 Å². The summed E-state index contributed by atoms with van der Waals surface area (Å²) < 4.78 is 14.3. The first kappa shape index (κ1) is 17.0. The van der Waals surface area contributed by atoms with E-state index in [1.54, 1.807) is 6.07 Å². The number of hydrogen-bond donors (Lipinski definition) is 1. The quantitative estimate of drug-likeness (QED) is 0.834. The number of rotatable bonds is 6. The lowest BCUT2D eigenvalue weighted by atomic mass is 10.1. The second-order valence-electron chi connectivity index (χ2n) is 6.64. The molecule has 3 heteroatoms. The molecule has 0 radical (unpaired) electrons. The summed E-state index contributed by atoms with van der Waals surface area (Å²) in [6.07, 6.45) is 2.18. The van der Waals surface area contributed by atoms with Crippen LogP contribution in [0.5, 0.6) is 0 Å². The lowest BCUT2D eigenvalue weighted by Crippen LogP contribution is -2.35. The summed E-state index contributed by atoms with van der Waals surface area (Å²) in [6.45, 7) is 11.3. The highest BCUT2D eigenvalue weighted by atomic mass is 19.1. The van der Waals surface area contributed by atoms with Crippen LogP contribution < -0.4 is 10.2 Å². The van der Waals surface area contributed by atoms with Gasteiger partial charge >= 0.3 is 0 Å². The van der Waals surface area contributed by atoms with Crippen LogP contribution in [-0.2, 0) is 6.54 Å². The Kier molecular flexibility index (Phi) is 6.00. The molecule has 0 saturated carbocycles. The van der Waals surface area contributed by atoms with Gasteiger partial charge in [0.1, 0.15) is 5.82 Å². The normalized spacial score (nSPS) is 13.3. The molecule has 0 aliphatic heterocycles. The summed E-state index contributed by atoms with van der Waals surface area (Å²) in [5, 5.41) is 3.38. The average molecular weight is 280 g/mol. The molecule has 1 rings (SSSR count). The molecule has 0 spiro atoms. The lowest BCUT2D eigenvalue weighted by molar-refractivity contribution is 0.423. The maximum Gasteiger partial charge on any atom is 0.146 e. The Balaban J connectivity index is 2.77. The second-order valence-corrected chi connectivity index (χ2v) is 6.64. The van der Waals surface area contributed by atoms with E-state index in [1.165, 1.54) is 0 Å². The lowest BCUT2D eigenvalue weighted by Gasteiger charge is -2.27. The van der Waals surface area contributed by atoms with Crippen LogP contribution in [0, 0.1) is 5.82 Å². The zero-order chi connectivity index (χ0) is 15.3. The van der Waals surface area contributed by atoms with Gasteiger partial charge in [-0.1, -0.05) is 19.4 Å². The molecule has 0 aromatic heterocycles. The van der Waals surface area contributed by atoms with Crippen molar-refractivity contribution < 1.29 is 4.39 Å². The molecule has 1 aromatic rings. The van der Waals surface area contributed by atoms with Crippen LogP contribution >= 0.6 is 0 Å². The Morgan fingerprint density at radius 3 is 2.45 bits per heavy atom. The van der Waals surface area contributed by atoms with Crippen molar-refractivity contribution in [1.82, 2.24) is 5.32 Å². The van der Waals surface area contributed by atoms with Crippen molar-refractivity contribution in [3.63, 3.8) is 0 Å². The molecular formula is C17H29FN2. The number of nitrogens with zero attached hydrogens (tertiary/aromatic N) is 1. The predicted molar refractivity (Wildman–Crippen MR) is 85.8 cm³/mol. The third kappa shape index (κ3) is 5.12. The topological polar surface area (TPSA) is 15.3 Å². The van der Waals surface area contributed by atoms with Gasteiger partial charge in [0.2, 0.25) is 0 Å². The van der Waals surface area contributed by atoms with Crippen molar-refractivity contribution >= 4 is 5.69 Å². The van der Waals surface area contributed by atoms with Crippen LogP contribution in [0.4, 0.5) is 10.1 Å². The van der Waals surface area contributed by atoms with Crippen molar-refractivity contribution in [3.8, 4) is 0 Å². The third-order valence-electron chi connectivity index (χ3n) is 3.58. The molecule has 1 unspecified atom stereocenters. The van der Waals surface area contributed by atoms with Gasteiger partial charge in [-0.05, 0) is 51.8 Å². The van der Waals surface area contributed by atoms with E-state index in [2.05, 4.69) is 39.9 Å². The fraction of sp³-hybridized carbons (Fsp3) is 0.647. The monoisotopic (exact) mass is 280 g/mol. The van der Waals surface area contributed by atoms with Gasteiger partial charge in [-0.15, -0.1) is 0 Å². The Morgan fingerprint density at radius 2 is 1.95 bits per heavy atom. The highest BCUT2D eigenvalue weighted by molar-refractivity contribution is 5.49. The minimum absolute atomic E-state index is 0.0432. The van der Waals surface area contributed by atoms with Gasteiger partial charge in [-0.3, -0.25) is 0 Å². The molecule has 0 heterocycles. The fourth-order valence-corrected chi connectivity index (χ4v) is 2.16. The van der Waals surface area contributed by atoms with E-state index in [0.717, 1.165) is 18.4 Å². The SMILES string of the molecule is CCCC(C)N(C)c1ccc(CNC(C)(C)C)cc1F. The van der Waals surface area contributed by atoms with E-state index < -0.39 is 0 Å². The Hall–Kier alpha value is -1.09. The van der Waals surface area contributed by atoms with Crippen molar-refractivity contribution in [2.24, 2.45) is 0 Å². The molecule has 0 amide bonds. The first-order chi connectivity index (χ1) is 9.24. The van der Waals surface area contributed by atoms with Crippen molar-refractivity contribution in [1.29, 1.82) is 0 Å². The number of nitrogens with one attached hydrogen (secondary N) is 1. The predicted octanol–water partition coefficient (Wildman–Crippen LogP) is 4.34. The van der Waals surface area contributed by atoms with E-state index in [9.17, 15) is 4.39 Å². The van der Waals surface area contributed by atoms with Gasteiger partial charge in [0.05, 0.1) is 5.69 Å². The largest absolute Gasteiger partial charge is 0.370 e. The minimum Gasteiger partial charge on any atom is -0.370 e. The summed E-state index contributed by atoms with van der Waals surface area (Å²) in [7, 11) is 1.96. The van der Waals surface area contributed by atoms with Crippen LogP contribution in [0.15, 0.2) is 18.2 Å². The van der Waals surface area contributed by atoms with Crippen LogP contribution in [0.1, 0.15) is 53.0 Å². The molecule has 0 aliphatic carbocycles. The minimum atomic E-state index is -0.135. The average Bonchev–Trinajstić information content (AvgIpc) is 2.35. The first-order valence-electron chi connectivity index (χ1n) is 7.51. The molecule has 0 fully saturated rings. The summed E-state index contributed by atoms with van der Waals surface area (Å²) in [4.78, 5) is 2.03. The van der Waals surface area contributed by atoms with Gasteiger partial charge in [0.15, 0.2) is 0 Å². The van der Waals surface area contributed by atoms with Gasteiger partial charge in [0.25, 0.3) is 0 Å². The fourth-order valence-electron chi connectivity index (χ4n) is 2.16. The molecular weight excluding hydrogens is 251 g/mol. The molecule has 20 heavy (non-hydrogen) atoms. The van der Waals surface area contributed by atoms with E-state index in [-0.39, 0.29) is 11.4 Å². The van der Waals surface area contributed by atoms with Gasteiger partial charge in [-0.25, -0.2) is 4.39 Å². The smallest absolute Gasteiger partial charge is 0.146 e. The van der Waals surface area contributed by atoms with Crippen molar-refractivity contribution in [3.05, 3.63) is 29.6 Å². The summed E-state index contributed by atoms with van der Waals surface area (Å²) in [6, 6.07) is 5.89. The van der Waals surface area contributed by atoms with Gasteiger partial charge < -0.3 is 10.2 Å². The zero-order valence-corrected chi connectivity index (χ0v) is 13.8. The summed E-state index contributed by atoms with van der Waals surface area (Å²) >= 11 is 0. The van der Waals surface area contributed by atoms with E-state index >= 15 is 0 Å². The highest BCUT2D eigenvalue weighted by Gasteiger charge is 2.14. The maximum atomic E-state index is 14.3. The zero-order valence-electron chi connectivity index (χ0n) is 13.8. The Labute approximate surface area is 123 Å². The maximum absolute atomic E-state index is 14.3. The van der Waals surface area contributed by atoms with Crippen molar-refractivity contribution in [2.75, 3.05) is 11.9 Å². The van der Waals surface area contributed by atoms with Crippen LogP contribution in [0.2, 0.25) is 0 Å². The van der Waals surface area contributed by atoms with Crippen LogP contribution in [0.3, 0.4) is 0 Å². The van der Waals surface area contributed by atoms with Crippen molar-refractivity contribution in [2.45, 2.75) is 65.6 Å². The van der Waals surface area contributed by atoms with Crippen LogP contribution in [0.25, 0.3) is 0 Å². The molecule has 1 N–H and O–H groups in total. The first-order valence-corrected chi connectivity index (χ1v) is 7.51. The Morgan fingerprint density at radius 1 is 1.30 bits per heavy atom. The molecule has 1 atom stereocenters. The molecule has 0 aliphatic rings. The molecule has 114 valence electrons. The number of hydrogen-bond acceptors (Lipinski definition) is 2. The summed E-state index contributed by atoms with van der Waals surface area (Å²) in [5.41, 5.74) is 1.71. The summed E-state index contributed by atoms with van der Waals surface area (Å²) in [5.74, 6) is -0.135. The van der Waals surface area contributed by atoms with Crippen LogP contribution in [-0.4, -0.2) is 18.6 Å². The second kappa shape index (κ2) is 7.07. The number of anilines is 1. The number of halogens is 1. The molecule has 0 saturated heterocycles. The molecule has 0 bridgehead atoms. The van der Waals surface area contributed by atoms with E-state index in [0.29, 0.717) is 18.3 Å². The standard InChI is InChI=1S/C17H29FN2/c1-7-8-13(2)20(6)16-10-9-14(11-15(16)18)12-19-17(3,4)5/h9-11,13,19H,7-8,12H2,1-6H3. The molecule has 1 aromatic carbocycles. The number of benzene rings is 1. The van der Waals surface area contributed by atoms with E-state index in [4.69, 9.17) is 0 Å². The van der Waals surface area contributed by atoms with Gasteiger partial charge in [-0.2, -0.15) is 0 Å².